The van der Waals surface area contributed by atoms with Crippen molar-refractivity contribution in [1.82, 2.24) is 21.3 Å². The average Bonchev–Trinajstić information content (AvgIpc) is 3.08. The lowest BCUT2D eigenvalue weighted by atomic mass is 10.2. The van der Waals surface area contributed by atoms with Crippen LogP contribution < -0.4 is 16.3 Å². The number of nitrogens with one attached hydrogen (secondary N) is 4. The van der Waals surface area contributed by atoms with Gasteiger partial charge in [0.25, 0.3) is 5.91 Å². The maximum Gasteiger partial charge on any atom is 0.258 e. The summed E-state index contributed by atoms with van der Waals surface area (Å²) in [6, 6.07) is 7.75. The fourth-order valence-electron chi connectivity index (χ4n) is 2.12. The maximum atomic E-state index is 11.7. The third-order valence-electron chi connectivity index (χ3n) is 3.15. The molecule has 6 heteroatoms. The molecule has 98 valence electrons. The number of benzene rings is 1. The molecule has 1 saturated heterocycles. The van der Waals surface area contributed by atoms with Crippen LogP contribution in [0, 0.1) is 0 Å². The third kappa shape index (κ3) is 2.49. The van der Waals surface area contributed by atoms with Gasteiger partial charge in [-0.25, -0.2) is 10.9 Å². The van der Waals surface area contributed by atoms with E-state index in [1.807, 2.05) is 30.5 Å². The standard InChI is InChI=1S/C13H15N5O/c19-13(12-5-6-15-17-12)18-16-8-9-7-14-11-4-2-1-3-10(9)11/h1-4,7-8,12,14-15,17H,5-6H2,(H,18,19)/b16-8+. The molecule has 0 aliphatic carbocycles. The molecule has 1 fully saturated rings. The summed E-state index contributed by atoms with van der Waals surface area (Å²) in [6.07, 6.45) is 4.29. The van der Waals surface area contributed by atoms with E-state index in [0.717, 1.165) is 29.4 Å². The number of H-pyrrole nitrogens is 1. The second kappa shape index (κ2) is 5.21. The minimum atomic E-state index is -0.208. The summed E-state index contributed by atoms with van der Waals surface area (Å²) >= 11 is 0. The van der Waals surface area contributed by atoms with Gasteiger partial charge in [-0.05, 0) is 12.5 Å². The number of amides is 1. The lowest BCUT2D eigenvalue weighted by molar-refractivity contribution is -0.122. The highest BCUT2D eigenvalue weighted by atomic mass is 16.2. The molecule has 3 rings (SSSR count). The molecular formula is C13H15N5O. The number of rotatable bonds is 3. The molecule has 4 N–H and O–H groups in total. The summed E-state index contributed by atoms with van der Waals surface area (Å²) in [6.45, 7) is 0.796. The number of hydrazone groups is 1. The highest BCUT2D eigenvalue weighted by molar-refractivity contribution is 5.99. The van der Waals surface area contributed by atoms with Crippen molar-refractivity contribution in [3.05, 3.63) is 36.0 Å². The number of para-hydroxylation sites is 1. The summed E-state index contributed by atoms with van der Waals surface area (Å²) in [5.74, 6) is -0.124. The quantitative estimate of drug-likeness (QED) is 0.477. The summed E-state index contributed by atoms with van der Waals surface area (Å²) in [4.78, 5) is 14.9. The van der Waals surface area contributed by atoms with Gasteiger partial charge in [0.2, 0.25) is 0 Å². The number of aromatic amines is 1. The highest BCUT2D eigenvalue weighted by Gasteiger charge is 2.21. The molecule has 19 heavy (non-hydrogen) atoms. The number of carbonyl (C=O) groups excluding carboxylic acids is 1. The molecule has 1 atom stereocenters. The molecule has 0 radical (unpaired) electrons. The lowest BCUT2D eigenvalue weighted by Crippen LogP contribution is -2.41. The first-order valence-corrected chi connectivity index (χ1v) is 6.22. The zero-order valence-corrected chi connectivity index (χ0v) is 10.3. The SMILES string of the molecule is O=C(N/N=C/c1c[nH]c2ccccc12)C1CCNN1. The molecule has 1 aliphatic heterocycles. The fraction of sp³-hybridized carbons (Fsp3) is 0.231. The van der Waals surface area contributed by atoms with Gasteiger partial charge in [0, 0.05) is 29.2 Å². The van der Waals surface area contributed by atoms with Crippen molar-refractivity contribution in [1.29, 1.82) is 0 Å². The van der Waals surface area contributed by atoms with E-state index >= 15 is 0 Å². The van der Waals surface area contributed by atoms with E-state index in [4.69, 9.17) is 0 Å². The zero-order chi connectivity index (χ0) is 13.1. The van der Waals surface area contributed by atoms with Crippen LogP contribution in [0.25, 0.3) is 10.9 Å². The Morgan fingerprint density at radius 1 is 1.42 bits per heavy atom. The first-order valence-electron chi connectivity index (χ1n) is 6.22. The van der Waals surface area contributed by atoms with Crippen LogP contribution in [-0.2, 0) is 4.79 Å². The monoisotopic (exact) mass is 257 g/mol. The lowest BCUT2D eigenvalue weighted by Gasteiger charge is -2.05. The Hall–Kier alpha value is -2.18. The molecule has 6 nitrogen and oxygen atoms in total. The zero-order valence-electron chi connectivity index (χ0n) is 10.3. The van der Waals surface area contributed by atoms with Crippen molar-refractivity contribution in [2.75, 3.05) is 6.54 Å². The van der Waals surface area contributed by atoms with Gasteiger partial charge in [-0.1, -0.05) is 18.2 Å². The van der Waals surface area contributed by atoms with Crippen LogP contribution in [0.2, 0.25) is 0 Å². The minimum Gasteiger partial charge on any atom is -0.361 e. The Kier molecular flexibility index (Phi) is 3.26. The predicted octanol–water partition coefficient (Wildman–Crippen LogP) is 0.484. The smallest absolute Gasteiger partial charge is 0.258 e. The Morgan fingerprint density at radius 3 is 3.16 bits per heavy atom. The van der Waals surface area contributed by atoms with Gasteiger partial charge in [-0.15, -0.1) is 0 Å². The van der Waals surface area contributed by atoms with Crippen LogP contribution in [0.5, 0.6) is 0 Å². The van der Waals surface area contributed by atoms with Gasteiger partial charge in [0.15, 0.2) is 0 Å². The topological polar surface area (TPSA) is 81.3 Å². The number of carbonyl (C=O) groups is 1. The molecule has 1 aromatic carbocycles. The van der Waals surface area contributed by atoms with Gasteiger partial charge in [-0.2, -0.15) is 5.10 Å². The van der Waals surface area contributed by atoms with Crippen LogP contribution in [-0.4, -0.2) is 29.7 Å². The average molecular weight is 257 g/mol. The van der Waals surface area contributed by atoms with E-state index in [1.165, 1.54) is 0 Å². The summed E-state index contributed by atoms with van der Waals surface area (Å²) < 4.78 is 0. The largest absolute Gasteiger partial charge is 0.361 e. The van der Waals surface area contributed by atoms with Crippen molar-refractivity contribution in [3.63, 3.8) is 0 Å². The van der Waals surface area contributed by atoms with Crippen molar-refractivity contribution >= 4 is 23.0 Å². The first kappa shape index (κ1) is 11.9. The van der Waals surface area contributed by atoms with E-state index in [2.05, 4.69) is 26.4 Å². The Morgan fingerprint density at radius 2 is 2.32 bits per heavy atom. The van der Waals surface area contributed by atoms with Gasteiger partial charge in [-0.3, -0.25) is 10.2 Å². The molecule has 2 heterocycles. The number of hydrogen-bond donors (Lipinski definition) is 4. The predicted molar refractivity (Wildman–Crippen MR) is 73.6 cm³/mol. The molecule has 1 unspecified atom stereocenters. The molecular weight excluding hydrogens is 242 g/mol. The minimum absolute atomic E-state index is 0.124. The van der Waals surface area contributed by atoms with Gasteiger partial charge in [0.1, 0.15) is 6.04 Å². The number of hydrazine groups is 1. The van der Waals surface area contributed by atoms with Crippen molar-refractivity contribution < 1.29 is 4.79 Å². The molecule has 0 bridgehead atoms. The Bertz CT molecular complexity index is 612. The Labute approximate surface area is 110 Å². The van der Waals surface area contributed by atoms with Crippen molar-refractivity contribution in [2.24, 2.45) is 5.10 Å². The van der Waals surface area contributed by atoms with Crippen LogP contribution in [0.3, 0.4) is 0 Å². The second-order valence-corrected chi connectivity index (χ2v) is 4.44. The molecule has 0 saturated carbocycles. The van der Waals surface area contributed by atoms with E-state index in [-0.39, 0.29) is 11.9 Å². The van der Waals surface area contributed by atoms with E-state index in [9.17, 15) is 4.79 Å². The molecule has 2 aromatic rings. The third-order valence-corrected chi connectivity index (χ3v) is 3.15. The molecule has 0 spiro atoms. The highest BCUT2D eigenvalue weighted by Crippen LogP contribution is 2.15. The number of aromatic nitrogens is 1. The molecule has 1 aliphatic rings. The molecule has 1 amide bonds. The summed E-state index contributed by atoms with van der Waals surface area (Å²) in [7, 11) is 0. The fourth-order valence-corrected chi connectivity index (χ4v) is 2.12. The van der Waals surface area contributed by atoms with E-state index in [0.29, 0.717) is 0 Å². The van der Waals surface area contributed by atoms with Crippen LogP contribution in [0.1, 0.15) is 12.0 Å². The van der Waals surface area contributed by atoms with Gasteiger partial charge >= 0.3 is 0 Å². The number of fused-ring (bicyclic) bond motifs is 1. The maximum absolute atomic E-state index is 11.7. The number of nitrogens with zero attached hydrogens (tertiary/aromatic N) is 1. The van der Waals surface area contributed by atoms with Gasteiger partial charge < -0.3 is 4.98 Å². The Balaban J connectivity index is 1.67. The van der Waals surface area contributed by atoms with Gasteiger partial charge in [0.05, 0.1) is 6.21 Å². The number of hydrogen-bond acceptors (Lipinski definition) is 4. The van der Waals surface area contributed by atoms with Crippen molar-refractivity contribution in [3.8, 4) is 0 Å². The van der Waals surface area contributed by atoms with Crippen LogP contribution in [0.4, 0.5) is 0 Å². The normalized spacial score (nSPS) is 19.3. The van der Waals surface area contributed by atoms with Crippen LogP contribution in [0.15, 0.2) is 35.6 Å². The molecule has 1 aromatic heterocycles. The van der Waals surface area contributed by atoms with E-state index in [1.54, 1.807) is 6.21 Å². The summed E-state index contributed by atoms with van der Waals surface area (Å²) in [5, 5.41) is 5.08. The first-order chi connectivity index (χ1) is 9.34. The van der Waals surface area contributed by atoms with Crippen LogP contribution >= 0.6 is 0 Å². The van der Waals surface area contributed by atoms with Crippen molar-refractivity contribution in [2.45, 2.75) is 12.5 Å². The second-order valence-electron chi connectivity index (χ2n) is 4.44. The van der Waals surface area contributed by atoms with E-state index < -0.39 is 0 Å². The summed E-state index contributed by atoms with van der Waals surface area (Å²) in [5.41, 5.74) is 10.3.